The molecule has 3 aromatic rings. The van der Waals surface area contributed by atoms with Crippen molar-refractivity contribution in [1.29, 1.82) is 5.41 Å². The number of nitrogens with zero attached hydrogens (tertiary/aromatic N) is 2. The summed E-state index contributed by atoms with van der Waals surface area (Å²) >= 11 is 6.00. The summed E-state index contributed by atoms with van der Waals surface area (Å²) in [5, 5.41) is 17.2. The highest BCUT2D eigenvalue weighted by Gasteiger charge is 2.32. The van der Waals surface area contributed by atoms with E-state index in [9.17, 15) is 14.4 Å². The molecular formula is C28H25ClN4O4. The van der Waals surface area contributed by atoms with Gasteiger partial charge in [-0.1, -0.05) is 66.2 Å². The summed E-state index contributed by atoms with van der Waals surface area (Å²) in [5.41, 5.74) is 9.38. The molecular weight excluding hydrogens is 492 g/mol. The van der Waals surface area contributed by atoms with Gasteiger partial charge in [-0.2, -0.15) is 0 Å². The van der Waals surface area contributed by atoms with E-state index in [0.29, 0.717) is 21.8 Å². The van der Waals surface area contributed by atoms with Gasteiger partial charge in [0.1, 0.15) is 12.4 Å². The van der Waals surface area contributed by atoms with Crippen LogP contribution < -0.4 is 10.6 Å². The van der Waals surface area contributed by atoms with Crippen LogP contribution in [0.2, 0.25) is 5.02 Å². The lowest BCUT2D eigenvalue weighted by Crippen LogP contribution is -2.40. The monoisotopic (exact) mass is 516 g/mol. The summed E-state index contributed by atoms with van der Waals surface area (Å²) in [6.07, 6.45) is 3.45. The van der Waals surface area contributed by atoms with Crippen molar-refractivity contribution < 1.29 is 19.5 Å². The molecule has 0 aliphatic carbocycles. The molecule has 0 fully saturated rings. The van der Waals surface area contributed by atoms with E-state index in [0.717, 1.165) is 16.7 Å². The van der Waals surface area contributed by atoms with Crippen molar-refractivity contribution in [3.8, 4) is 0 Å². The number of fused-ring (bicyclic) bond motifs is 1. The van der Waals surface area contributed by atoms with Crippen LogP contribution in [0.5, 0.6) is 0 Å². The van der Waals surface area contributed by atoms with Crippen LogP contribution in [-0.4, -0.2) is 46.7 Å². The number of nitrogen functional groups attached to an aromatic ring is 1. The van der Waals surface area contributed by atoms with Crippen LogP contribution in [0, 0.1) is 5.41 Å². The lowest BCUT2D eigenvalue weighted by atomic mass is 10.0. The minimum Gasteiger partial charge on any atom is -0.481 e. The van der Waals surface area contributed by atoms with E-state index in [4.69, 9.17) is 27.9 Å². The zero-order valence-electron chi connectivity index (χ0n) is 19.9. The molecule has 0 unspecified atom stereocenters. The van der Waals surface area contributed by atoms with Crippen molar-refractivity contribution in [3.05, 3.63) is 99.6 Å². The van der Waals surface area contributed by atoms with Crippen molar-refractivity contribution in [2.75, 3.05) is 18.0 Å². The summed E-state index contributed by atoms with van der Waals surface area (Å²) in [7, 11) is 0. The molecule has 0 atom stereocenters. The fourth-order valence-electron chi connectivity index (χ4n) is 4.01. The highest BCUT2D eigenvalue weighted by Crippen LogP contribution is 2.29. The molecule has 0 aromatic heterocycles. The van der Waals surface area contributed by atoms with Gasteiger partial charge in [0, 0.05) is 17.1 Å². The maximum Gasteiger partial charge on any atom is 0.305 e. The van der Waals surface area contributed by atoms with Crippen molar-refractivity contribution in [3.63, 3.8) is 0 Å². The smallest absolute Gasteiger partial charge is 0.305 e. The van der Waals surface area contributed by atoms with Gasteiger partial charge in [0.15, 0.2) is 0 Å². The average Bonchev–Trinajstić information content (AvgIpc) is 2.97. The Kier molecular flexibility index (Phi) is 7.69. The highest BCUT2D eigenvalue weighted by atomic mass is 35.5. The second-order valence-corrected chi connectivity index (χ2v) is 9.06. The molecule has 0 saturated heterocycles. The van der Waals surface area contributed by atoms with E-state index in [1.165, 1.54) is 4.90 Å². The Morgan fingerprint density at radius 3 is 2.30 bits per heavy atom. The minimum atomic E-state index is -1.05. The number of carbonyl (C=O) groups excluding carboxylic acids is 2. The van der Waals surface area contributed by atoms with E-state index in [1.807, 2.05) is 42.5 Å². The third kappa shape index (κ3) is 6.23. The van der Waals surface area contributed by atoms with Gasteiger partial charge in [-0.05, 0) is 41.0 Å². The summed E-state index contributed by atoms with van der Waals surface area (Å²) < 4.78 is 0. The van der Waals surface area contributed by atoms with Crippen LogP contribution in [0.15, 0.2) is 66.7 Å². The molecule has 3 aromatic carbocycles. The minimum absolute atomic E-state index is 0.00931. The fourth-order valence-corrected chi connectivity index (χ4v) is 4.14. The van der Waals surface area contributed by atoms with Crippen molar-refractivity contribution in [1.82, 2.24) is 4.90 Å². The second kappa shape index (κ2) is 11.1. The lowest BCUT2D eigenvalue weighted by molar-refractivity contribution is -0.137. The number of hydrogen-bond donors (Lipinski definition) is 3. The topological polar surface area (TPSA) is 128 Å². The van der Waals surface area contributed by atoms with Gasteiger partial charge in [0.05, 0.1) is 24.2 Å². The Morgan fingerprint density at radius 1 is 1.00 bits per heavy atom. The number of carbonyl (C=O) groups is 3. The molecule has 37 heavy (non-hydrogen) atoms. The number of carboxylic acids is 1. The molecule has 0 radical (unpaired) electrons. The SMILES string of the molecule is N=C(N)c1ccc(C=Cc2ccc3c(c2)C(=O)N(CCC(=O)O)CC(=O)N3Cc2ccc(Cl)cc2)cc1. The number of nitrogens with two attached hydrogens (primary N) is 1. The Labute approximate surface area is 219 Å². The van der Waals surface area contributed by atoms with Crippen molar-refractivity contribution in [2.45, 2.75) is 13.0 Å². The van der Waals surface area contributed by atoms with Crippen LogP contribution in [0.25, 0.3) is 12.2 Å². The first kappa shape index (κ1) is 25.7. The summed E-state index contributed by atoms with van der Waals surface area (Å²) in [4.78, 5) is 40.7. The molecule has 0 saturated carbocycles. The van der Waals surface area contributed by atoms with Crippen LogP contribution in [0.4, 0.5) is 5.69 Å². The molecule has 1 aliphatic heterocycles. The van der Waals surface area contributed by atoms with E-state index >= 15 is 0 Å². The molecule has 8 nitrogen and oxygen atoms in total. The summed E-state index contributed by atoms with van der Waals surface area (Å²) in [5.74, 6) is -1.76. The molecule has 4 N–H and O–H groups in total. The first-order valence-corrected chi connectivity index (χ1v) is 11.9. The van der Waals surface area contributed by atoms with E-state index in [1.54, 1.807) is 41.3 Å². The number of aliphatic carboxylic acids is 1. The van der Waals surface area contributed by atoms with E-state index < -0.39 is 11.9 Å². The molecule has 1 aliphatic rings. The van der Waals surface area contributed by atoms with Crippen LogP contribution in [0.1, 0.15) is 39.0 Å². The van der Waals surface area contributed by atoms with Gasteiger partial charge in [0.2, 0.25) is 5.91 Å². The van der Waals surface area contributed by atoms with Gasteiger partial charge < -0.3 is 20.6 Å². The van der Waals surface area contributed by atoms with Crippen LogP contribution >= 0.6 is 11.6 Å². The lowest BCUT2D eigenvalue weighted by Gasteiger charge is -2.23. The maximum absolute atomic E-state index is 13.4. The van der Waals surface area contributed by atoms with E-state index in [-0.39, 0.29) is 37.8 Å². The van der Waals surface area contributed by atoms with Gasteiger partial charge in [-0.3, -0.25) is 19.8 Å². The third-order valence-electron chi connectivity index (χ3n) is 6.00. The number of amides is 2. The predicted molar refractivity (Wildman–Crippen MR) is 144 cm³/mol. The number of hydrogen-bond acceptors (Lipinski definition) is 4. The molecule has 4 rings (SSSR count). The summed E-state index contributed by atoms with van der Waals surface area (Å²) in [6, 6.07) is 19.6. The maximum atomic E-state index is 13.4. The van der Waals surface area contributed by atoms with Gasteiger partial charge in [-0.25, -0.2) is 0 Å². The summed E-state index contributed by atoms with van der Waals surface area (Å²) in [6.45, 7) is -0.0561. The van der Waals surface area contributed by atoms with Crippen molar-refractivity contribution >= 4 is 53.1 Å². The molecule has 0 bridgehead atoms. The largest absolute Gasteiger partial charge is 0.481 e. The van der Waals surface area contributed by atoms with Crippen LogP contribution in [0.3, 0.4) is 0 Å². The Balaban J connectivity index is 1.68. The second-order valence-electron chi connectivity index (χ2n) is 8.62. The number of rotatable bonds is 8. The van der Waals surface area contributed by atoms with Gasteiger partial charge in [0.25, 0.3) is 5.91 Å². The van der Waals surface area contributed by atoms with Gasteiger partial charge in [-0.15, -0.1) is 0 Å². The van der Waals surface area contributed by atoms with E-state index in [2.05, 4.69) is 0 Å². The number of amidine groups is 1. The Morgan fingerprint density at radius 2 is 1.65 bits per heavy atom. The zero-order chi connectivity index (χ0) is 26.5. The zero-order valence-corrected chi connectivity index (χ0v) is 20.6. The number of carboxylic acid groups (broad SMARTS) is 1. The first-order valence-electron chi connectivity index (χ1n) is 11.5. The molecule has 188 valence electrons. The fraction of sp³-hybridized carbons (Fsp3) is 0.143. The number of nitrogens with one attached hydrogen (secondary N) is 1. The normalized spacial score (nSPS) is 13.5. The van der Waals surface area contributed by atoms with Crippen LogP contribution in [-0.2, 0) is 16.1 Å². The first-order chi connectivity index (χ1) is 17.7. The number of benzene rings is 3. The third-order valence-corrected chi connectivity index (χ3v) is 6.25. The quantitative estimate of drug-likeness (QED) is 0.234. The standard InChI is InChI=1S/C28H25ClN4O4/c29-22-10-5-20(6-11-22)16-33-24-12-7-19(2-1-18-3-8-21(9-4-18)27(30)31)15-23(24)28(37)32(17-25(33)34)14-13-26(35)36/h1-12,15H,13-14,16-17H2,(H3,30,31)(H,35,36). The number of halogens is 1. The molecule has 9 heteroatoms. The van der Waals surface area contributed by atoms with Crippen molar-refractivity contribution in [2.24, 2.45) is 5.73 Å². The Bertz CT molecular complexity index is 1380. The molecule has 1 heterocycles. The van der Waals surface area contributed by atoms with Gasteiger partial charge >= 0.3 is 5.97 Å². The Hall–Kier alpha value is -4.43. The predicted octanol–water partition coefficient (Wildman–Crippen LogP) is 4.26. The highest BCUT2D eigenvalue weighted by molar-refractivity contribution is 6.30. The average molecular weight is 517 g/mol. The molecule has 0 spiro atoms. The molecule has 2 amide bonds. The number of anilines is 1.